The SMILES string of the molecule is C1=NC=c2cc3c(cc21)=CCO3. The number of hydrogen-bond acceptors (Lipinski definition) is 2. The number of rotatable bonds is 0. The molecule has 0 aromatic heterocycles. The molecule has 0 saturated carbocycles. The van der Waals surface area contributed by atoms with E-state index >= 15 is 0 Å². The zero-order valence-corrected chi connectivity index (χ0v) is 6.45. The van der Waals surface area contributed by atoms with Gasteiger partial charge in [-0.15, -0.1) is 0 Å². The Hall–Kier alpha value is -1.57. The molecule has 12 heavy (non-hydrogen) atoms. The van der Waals surface area contributed by atoms with Crippen molar-refractivity contribution in [3.63, 3.8) is 0 Å². The highest BCUT2D eigenvalue weighted by Gasteiger charge is 2.06. The van der Waals surface area contributed by atoms with E-state index < -0.39 is 0 Å². The van der Waals surface area contributed by atoms with E-state index in [1.54, 1.807) is 0 Å². The zero-order chi connectivity index (χ0) is 7.97. The van der Waals surface area contributed by atoms with Gasteiger partial charge >= 0.3 is 0 Å². The van der Waals surface area contributed by atoms with E-state index in [0.29, 0.717) is 6.61 Å². The van der Waals surface area contributed by atoms with E-state index in [-0.39, 0.29) is 0 Å². The van der Waals surface area contributed by atoms with Crippen LogP contribution in [0.4, 0.5) is 0 Å². The number of ether oxygens (including phenoxy) is 1. The predicted octanol–water partition coefficient (Wildman–Crippen LogP) is 0.0300. The van der Waals surface area contributed by atoms with Gasteiger partial charge in [0.2, 0.25) is 0 Å². The summed E-state index contributed by atoms with van der Waals surface area (Å²) in [5, 5.41) is 2.35. The Bertz CT molecular complexity index is 485. The van der Waals surface area contributed by atoms with E-state index in [0.717, 1.165) is 11.0 Å². The Morgan fingerprint density at radius 1 is 1.25 bits per heavy atom. The van der Waals surface area contributed by atoms with Gasteiger partial charge in [-0.1, -0.05) is 0 Å². The molecule has 0 bridgehead atoms. The van der Waals surface area contributed by atoms with Crippen molar-refractivity contribution in [1.29, 1.82) is 0 Å². The number of fused-ring (bicyclic) bond motifs is 2. The lowest BCUT2D eigenvalue weighted by atomic mass is 10.1. The smallest absolute Gasteiger partial charge is 0.127 e. The molecule has 0 unspecified atom stereocenters. The minimum absolute atomic E-state index is 0.704. The standard InChI is InChI=1S/C10H7NO/c1-2-12-10-4-9-6-11-5-8(9)3-7(1)10/h1,3-6H,2H2. The van der Waals surface area contributed by atoms with Gasteiger partial charge < -0.3 is 4.74 Å². The van der Waals surface area contributed by atoms with Crippen LogP contribution >= 0.6 is 0 Å². The minimum Gasteiger partial charge on any atom is -0.489 e. The minimum atomic E-state index is 0.704. The molecule has 2 heterocycles. The van der Waals surface area contributed by atoms with E-state index in [4.69, 9.17) is 4.74 Å². The number of hydrogen-bond donors (Lipinski definition) is 0. The molecule has 2 heteroatoms. The van der Waals surface area contributed by atoms with Gasteiger partial charge in [-0.05, 0) is 18.2 Å². The van der Waals surface area contributed by atoms with Crippen LogP contribution in [0.5, 0.6) is 5.75 Å². The molecule has 58 valence electrons. The first-order chi connectivity index (χ1) is 5.93. The maximum atomic E-state index is 5.39. The molecular weight excluding hydrogens is 150 g/mol. The van der Waals surface area contributed by atoms with Crippen molar-refractivity contribution in [3.8, 4) is 5.75 Å². The van der Waals surface area contributed by atoms with Crippen LogP contribution in [0, 0.1) is 0 Å². The van der Waals surface area contributed by atoms with Crippen molar-refractivity contribution in [2.75, 3.05) is 6.61 Å². The molecule has 0 spiro atoms. The lowest BCUT2D eigenvalue weighted by Crippen LogP contribution is -2.11. The maximum absolute atomic E-state index is 5.39. The molecule has 0 saturated heterocycles. The van der Waals surface area contributed by atoms with E-state index in [2.05, 4.69) is 17.1 Å². The van der Waals surface area contributed by atoms with E-state index in [9.17, 15) is 0 Å². The van der Waals surface area contributed by atoms with Crippen molar-refractivity contribution in [2.45, 2.75) is 0 Å². The van der Waals surface area contributed by atoms with Crippen LogP contribution in [-0.4, -0.2) is 12.8 Å². The van der Waals surface area contributed by atoms with Gasteiger partial charge in [0.05, 0.1) is 0 Å². The third-order valence-corrected chi connectivity index (χ3v) is 2.18. The highest BCUT2D eigenvalue weighted by Crippen LogP contribution is 2.06. The summed E-state index contributed by atoms with van der Waals surface area (Å²) in [4.78, 5) is 4.07. The summed E-state index contributed by atoms with van der Waals surface area (Å²) < 4.78 is 5.39. The second kappa shape index (κ2) is 1.97. The summed E-state index contributed by atoms with van der Waals surface area (Å²) in [5.41, 5.74) is 1.19. The molecule has 0 radical (unpaired) electrons. The molecule has 2 aliphatic heterocycles. The van der Waals surface area contributed by atoms with Gasteiger partial charge in [-0.25, -0.2) is 0 Å². The fourth-order valence-electron chi connectivity index (χ4n) is 1.56. The number of aliphatic imine (C=N–C) groups is 1. The second-order valence-electron chi connectivity index (χ2n) is 2.94. The number of nitrogens with zero attached hydrogens (tertiary/aromatic N) is 1. The molecule has 0 atom stereocenters. The predicted molar refractivity (Wildman–Crippen MR) is 47.7 cm³/mol. The van der Waals surface area contributed by atoms with E-state index in [1.165, 1.54) is 10.8 Å². The molecule has 0 fully saturated rings. The molecule has 0 amide bonds. The van der Waals surface area contributed by atoms with Crippen molar-refractivity contribution in [3.05, 3.63) is 28.1 Å². The van der Waals surface area contributed by atoms with Crippen LogP contribution in [0.3, 0.4) is 0 Å². The van der Waals surface area contributed by atoms with Crippen molar-refractivity contribution in [2.24, 2.45) is 4.99 Å². The third kappa shape index (κ3) is 0.666. The van der Waals surface area contributed by atoms with Crippen LogP contribution in [0.1, 0.15) is 5.56 Å². The first kappa shape index (κ1) is 6.00. The van der Waals surface area contributed by atoms with E-state index in [1.807, 2.05) is 18.5 Å². The summed E-state index contributed by atoms with van der Waals surface area (Å²) in [6, 6.07) is 4.16. The summed E-state index contributed by atoms with van der Waals surface area (Å²) >= 11 is 0. The van der Waals surface area contributed by atoms with Gasteiger partial charge in [0.1, 0.15) is 12.4 Å². The Balaban J connectivity index is 2.45. The number of benzene rings is 1. The Kier molecular flexibility index (Phi) is 0.987. The van der Waals surface area contributed by atoms with Gasteiger partial charge in [-0.2, -0.15) is 0 Å². The first-order valence-electron chi connectivity index (χ1n) is 3.94. The van der Waals surface area contributed by atoms with Gasteiger partial charge in [0.15, 0.2) is 0 Å². The second-order valence-corrected chi connectivity index (χ2v) is 2.94. The summed E-state index contributed by atoms with van der Waals surface area (Å²) in [7, 11) is 0. The van der Waals surface area contributed by atoms with Crippen molar-refractivity contribution < 1.29 is 4.74 Å². The van der Waals surface area contributed by atoms with Crippen LogP contribution in [-0.2, 0) is 0 Å². The molecule has 2 aliphatic rings. The normalized spacial score (nSPS) is 16.0. The highest BCUT2D eigenvalue weighted by atomic mass is 16.5. The fraction of sp³-hybridized carbons (Fsp3) is 0.100. The third-order valence-electron chi connectivity index (χ3n) is 2.18. The average Bonchev–Trinajstić information content (AvgIpc) is 2.64. The summed E-state index contributed by atoms with van der Waals surface area (Å²) in [6.07, 6.45) is 5.82. The van der Waals surface area contributed by atoms with Crippen molar-refractivity contribution in [1.82, 2.24) is 0 Å². The van der Waals surface area contributed by atoms with Gasteiger partial charge in [0, 0.05) is 28.4 Å². The fourth-order valence-corrected chi connectivity index (χ4v) is 1.56. The first-order valence-corrected chi connectivity index (χ1v) is 3.94. The molecule has 0 N–H and O–H groups in total. The van der Waals surface area contributed by atoms with Crippen LogP contribution in [0.15, 0.2) is 17.1 Å². The van der Waals surface area contributed by atoms with Crippen LogP contribution < -0.4 is 15.2 Å². The lowest BCUT2D eigenvalue weighted by Gasteiger charge is -1.96. The van der Waals surface area contributed by atoms with Crippen molar-refractivity contribution >= 4 is 18.5 Å². The largest absolute Gasteiger partial charge is 0.489 e. The van der Waals surface area contributed by atoms with Crippen LogP contribution in [0.25, 0.3) is 12.3 Å². The van der Waals surface area contributed by atoms with Gasteiger partial charge in [-0.3, -0.25) is 4.99 Å². The van der Waals surface area contributed by atoms with Gasteiger partial charge in [0.25, 0.3) is 0 Å². The molecule has 3 rings (SSSR count). The zero-order valence-electron chi connectivity index (χ0n) is 6.45. The highest BCUT2D eigenvalue weighted by molar-refractivity contribution is 5.86. The topological polar surface area (TPSA) is 21.6 Å². The monoisotopic (exact) mass is 157 g/mol. The molecule has 1 aromatic carbocycles. The van der Waals surface area contributed by atoms with Crippen LogP contribution in [0.2, 0.25) is 0 Å². The Morgan fingerprint density at radius 2 is 2.25 bits per heavy atom. The average molecular weight is 157 g/mol. The summed E-state index contributed by atoms with van der Waals surface area (Å²) in [6.45, 7) is 0.704. The molecule has 1 aromatic rings. The lowest BCUT2D eigenvalue weighted by molar-refractivity contribution is 0.385. The molecule has 0 aliphatic carbocycles. The quantitative estimate of drug-likeness (QED) is 0.520. The Labute approximate surface area is 69.5 Å². The summed E-state index contributed by atoms with van der Waals surface area (Å²) in [5.74, 6) is 0.982. The molecular formula is C10H7NO. The Morgan fingerprint density at radius 3 is 3.25 bits per heavy atom. The maximum Gasteiger partial charge on any atom is 0.127 e. The molecule has 2 nitrogen and oxygen atoms in total.